The minimum atomic E-state index is 0.619. The van der Waals surface area contributed by atoms with E-state index < -0.39 is 0 Å². The molecule has 0 amide bonds. The van der Waals surface area contributed by atoms with Crippen LogP contribution in [0.1, 0.15) is 45.4 Å². The van der Waals surface area contributed by atoms with E-state index in [2.05, 4.69) is 33.6 Å². The molecule has 1 aliphatic carbocycles. The van der Waals surface area contributed by atoms with Gasteiger partial charge in [-0.1, -0.05) is 25.7 Å². The zero-order valence-electron chi connectivity index (χ0n) is 10.8. The van der Waals surface area contributed by atoms with Crippen molar-refractivity contribution in [3.8, 4) is 0 Å². The molecule has 1 heterocycles. The Hall–Kier alpha value is -0.840. The third kappa shape index (κ3) is 2.70. The number of anilines is 1. The zero-order valence-corrected chi connectivity index (χ0v) is 11.6. The molecule has 1 aromatic rings. The maximum atomic E-state index is 5.24. The second-order valence-electron chi connectivity index (χ2n) is 4.83. The molecule has 4 nitrogen and oxygen atoms in total. The summed E-state index contributed by atoms with van der Waals surface area (Å²) < 4.78 is 2.79. The van der Waals surface area contributed by atoms with Crippen molar-refractivity contribution in [1.82, 2.24) is 14.8 Å². The van der Waals surface area contributed by atoms with E-state index in [-0.39, 0.29) is 0 Å². The normalized spacial score (nSPS) is 18.0. The minimum absolute atomic E-state index is 0.619. The molecule has 0 aromatic carbocycles. The Morgan fingerprint density at radius 2 is 2.00 bits per heavy atom. The number of nitrogens with zero attached hydrogens (tertiary/aromatic N) is 3. The molecule has 1 N–H and O–H groups in total. The van der Waals surface area contributed by atoms with Gasteiger partial charge in [0.05, 0.1) is 0 Å². The highest BCUT2D eigenvalue weighted by Gasteiger charge is 2.20. The van der Waals surface area contributed by atoms with Crippen LogP contribution in [0.5, 0.6) is 0 Å². The first-order valence-corrected chi connectivity index (χ1v) is 7.03. The molecule has 0 atom stereocenters. The number of rotatable bonds is 3. The smallest absolute Gasteiger partial charge is 0.225 e. The summed E-state index contributed by atoms with van der Waals surface area (Å²) in [6.07, 6.45) is 7.99. The topological polar surface area (TPSA) is 36.9 Å². The van der Waals surface area contributed by atoms with Crippen molar-refractivity contribution in [2.24, 2.45) is 0 Å². The third-order valence-electron chi connectivity index (χ3n) is 3.74. The number of nitrogens with one attached hydrogen (secondary N) is 1. The first-order chi connectivity index (χ1) is 8.24. The van der Waals surface area contributed by atoms with Crippen LogP contribution >= 0.6 is 12.2 Å². The van der Waals surface area contributed by atoms with E-state index >= 15 is 0 Å². The molecule has 0 aliphatic heterocycles. The van der Waals surface area contributed by atoms with Gasteiger partial charge in [-0.25, -0.2) is 5.10 Å². The van der Waals surface area contributed by atoms with Crippen LogP contribution in [0.2, 0.25) is 0 Å². The standard InChI is InChI=1S/C12H22N4S/c1-3-16-11(13-14-12(16)17)15(2)10-8-6-4-5-7-9-10/h10H,3-9H2,1-2H3,(H,14,17). The van der Waals surface area contributed by atoms with E-state index in [9.17, 15) is 0 Å². The summed E-state index contributed by atoms with van der Waals surface area (Å²) in [5.74, 6) is 0.990. The lowest BCUT2D eigenvalue weighted by Gasteiger charge is -2.27. The van der Waals surface area contributed by atoms with Gasteiger partial charge < -0.3 is 4.90 Å². The predicted molar refractivity (Wildman–Crippen MR) is 73.0 cm³/mol. The molecule has 5 heteroatoms. The highest BCUT2D eigenvalue weighted by Crippen LogP contribution is 2.24. The molecule has 2 rings (SSSR count). The van der Waals surface area contributed by atoms with Crippen molar-refractivity contribution in [1.29, 1.82) is 0 Å². The molecule has 17 heavy (non-hydrogen) atoms. The van der Waals surface area contributed by atoms with Crippen LogP contribution < -0.4 is 4.90 Å². The van der Waals surface area contributed by atoms with Gasteiger partial charge in [0.1, 0.15) is 0 Å². The quantitative estimate of drug-likeness (QED) is 0.665. The molecule has 0 spiro atoms. The molecular weight excluding hydrogens is 232 g/mol. The van der Waals surface area contributed by atoms with Gasteiger partial charge in [-0.05, 0) is 32.0 Å². The molecule has 0 unspecified atom stereocenters. The van der Waals surface area contributed by atoms with Crippen molar-refractivity contribution in [2.45, 2.75) is 58.0 Å². The highest BCUT2D eigenvalue weighted by atomic mass is 32.1. The van der Waals surface area contributed by atoms with Gasteiger partial charge in [-0.2, -0.15) is 0 Å². The third-order valence-corrected chi connectivity index (χ3v) is 4.05. The molecule has 0 saturated heterocycles. The summed E-state index contributed by atoms with van der Waals surface area (Å²) in [7, 11) is 2.15. The van der Waals surface area contributed by atoms with Crippen LogP contribution in [0.4, 0.5) is 5.95 Å². The number of aromatic nitrogens is 3. The summed E-state index contributed by atoms with van der Waals surface area (Å²) in [6, 6.07) is 0.619. The number of H-pyrrole nitrogens is 1. The summed E-state index contributed by atoms with van der Waals surface area (Å²) in [6.45, 7) is 2.98. The average Bonchev–Trinajstić information content (AvgIpc) is 2.56. The van der Waals surface area contributed by atoms with Crippen molar-refractivity contribution >= 4 is 18.2 Å². The summed E-state index contributed by atoms with van der Waals surface area (Å²) in [5.41, 5.74) is 0. The van der Waals surface area contributed by atoms with E-state index in [1.807, 2.05) is 0 Å². The van der Waals surface area contributed by atoms with E-state index in [1.54, 1.807) is 0 Å². The Morgan fingerprint density at radius 3 is 2.59 bits per heavy atom. The first-order valence-electron chi connectivity index (χ1n) is 6.62. The van der Waals surface area contributed by atoms with Gasteiger partial charge in [0.15, 0.2) is 4.77 Å². The second-order valence-corrected chi connectivity index (χ2v) is 5.22. The van der Waals surface area contributed by atoms with E-state index in [1.165, 1.54) is 38.5 Å². The minimum Gasteiger partial charge on any atom is -0.341 e. The molecule has 1 aliphatic rings. The van der Waals surface area contributed by atoms with Crippen LogP contribution in [-0.2, 0) is 6.54 Å². The van der Waals surface area contributed by atoms with E-state index in [0.717, 1.165) is 17.3 Å². The van der Waals surface area contributed by atoms with Gasteiger partial charge in [-0.15, -0.1) is 5.10 Å². The lowest BCUT2D eigenvalue weighted by molar-refractivity contribution is 0.534. The average molecular weight is 254 g/mol. The second kappa shape index (κ2) is 5.67. The van der Waals surface area contributed by atoms with Crippen LogP contribution in [0.3, 0.4) is 0 Å². The summed E-state index contributed by atoms with van der Waals surface area (Å²) >= 11 is 5.24. The Kier molecular flexibility index (Phi) is 4.20. The van der Waals surface area contributed by atoms with Crippen molar-refractivity contribution in [3.05, 3.63) is 4.77 Å². The lowest BCUT2D eigenvalue weighted by atomic mass is 10.1. The molecule has 1 aromatic heterocycles. The Morgan fingerprint density at radius 1 is 1.35 bits per heavy atom. The highest BCUT2D eigenvalue weighted by molar-refractivity contribution is 7.71. The fraction of sp³-hybridized carbons (Fsp3) is 0.833. The van der Waals surface area contributed by atoms with Crippen LogP contribution in [0.25, 0.3) is 0 Å². The van der Waals surface area contributed by atoms with E-state index in [4.69, 9.17) is 12.2 Å². The van der Waals surface area contributed by atoms with Crippen LogP contribution in [0, 0.1) is 4.77 Å². The Balaban J connectivity index is 2.17. The van der Waals surface area contributed by atoms with Gasteiger partial charge >= 0.3 is 0 Å². The maximum absolute atomic E-state index is 5.24. The van der Waals surface area contributed by atoms with Gasteiger partial charge in [-0.3, -0.25) is 4.57 Å². The van der Waals surface area contributed by atoms with Crippen LogP contribution in [-0.4, -0.2) is 27.9 Å². The van der Waals surface area contributed by atoms with Crippen molar-refractivity contribution < 1.29 is 0 Å². The fourth-order valence-corrected chi connectivity index (χ4v) is 2.93. The monoisotopic (exact) mass is 254 g/mol. The number of hydrogen-bond donors (Lipinski definition) is 1. The van der Waals surface area contributed by atoms with Gasteiger partial charge in [0, 0.05) is 19.6 Å². The zero-order chi connectivity index (χ0) is 12.3. The molecule has 1 fully saturated rings. The molecule has 0 radical (unpaired) electrons. The molecule has 0 bridgehead atoms. The SMILES string of the molecule is CCn1c(N(C)C2CCCCCC2)n[nH]c1=S. The van der Waals surface area contributed by atoms with Gasteiger partial charge in [0.25, 0.3) is 0 Å². The maximum Gasteiger partial charge on any atom is 0.225 e. The summed E-state index contributed by atoms with van der Waals surface area (Å²) in [5, 5.41) is 7.26. The molecular formula is C12H22N4S. The Labute approximate surface area is 108 Å². The van der Waals surface area contributed by atoms with E-state index in [0.29, 0.717) is 6.04 Å². The largest absolute Gasteiger partial charge is 0.341 e. The predicted octanol–water partition coefficient (Wildman–Crippen LogP) is 3.12. The fourth-order valence-electron chi connectivity index (χ4n) is 2.67. The summed E-state index contributed by atoms with van der Waals surface area (Å²) in [4.78, 5) is 2.31. The van der Waals surface area contributed by atoms with Gasteiger partial charge in [0.2, 0.25) is 5.95 Å². The molecule has 96 valence electrons. The molecule has 1 saturated carbocycles. The first kappa shape index (κ1) is 12.6. The number of aromatic amines is 1. The van der Waals surface area contributed by atoms with Crippen molar-refractivity contribution in [3.63, 3.8) is 0 Å². The Bertz CT molecular complexity index is 401. The van der Waals surface area contributed by atoms with Crippen molar-refractivity contribution in [2.75, 3.05) is 11.9 Å². The van der Waals surface area contributed by atoms with Crippen LogP contribution in [0.15, 0.2) is 0 Å². The number of hydrogen-bond acceptors (Lipinski definition) is 3. The lowest BCUT2D eigenvalue weighted by Crippen LogP contribution is -2.33.